The van der Waals surface area contributed by atoms with Gasteiger partial charge in [0.25, 0.3) is 0 Å². The lowest BCUT2D eigenvalue weighted by Gasteiger charge is -2.29. The Morgan fingerprint density at radius 2 is 1.72 bits per heavy atom. The minimum atomic E-state index is 0.111. The second-order valence-electron chi connectivity index (χ2n) is 9.05. The predicted octanol–water partition coefficient (Wildman–Crippen LogP) is 4.33. The number of carbonyl (C=O) groups is 1. The summed E-state index contributed by atoms with van der Waals surface area (Å²) in [7, 11) is 4.02. The van der Waals surface area contributed by atoms with Gasteiger partial charge in [0.15, 0.2) is 0 Å². The Bertz CT molecular complexity index is 1070. The SMILES string of the molecule is Cc1ccccc1CC(=O)NCC1CCC(Nc2nc(N(C)C)c3ccccc3n2)CC1. The fraction of sp³-hybridized carbons (Fsp3) is 0.423. The minimum Gasteiger partial charge on any atom is -0.362 e. The number of hydrogen-bond donors (Lipinski definition) is 2. The van der Waals surface area contributed by atoms with Crippen LogP contribution in [-0.4, -0.2) is 42.6 Å². The van der Waals surface area contributed by atoms with E-state index in [2.05, 4.69) is 29.7 Å². The number of nitrogens with one attached hydrogen (secondary N) is 2. The van der Waals surface area contributed by atoms with Crippen LogP contribution in [0.3, 0.4) is 0 Å². The summed E-state index contributed by atoms with van der Waals surface area (Å²) < 4.78 is 0. The van der Waals surface area contributed by atoms with Gasteiger partial charge in [0.2, 0.25) is 11.9 Å². The molecular weight excluding hydrogens is 398 g/mol. The molecule has 168 valence electrons. The number of carbonyl (C=O) groups excluding carboxylic acids is 1. The van der Waals surface area contributed by atoms with Gasteiger partial charge in [0.05, 0.1) is 11.9 Å². The zero-order chi connectivity index (χ0) is 22.5. The van der Waals surface area contributed by atoms with Crippen LogP contribution in [0.15, 0.2) is 48.5 Å². The average molecular weight is 432 g/mol. The highest BCUT2D eigenvalue weighted by Crippen LogP contribution is 2.28. The lowest BCUT2D eigenvalue weighted by molar-refractivity contribution is -0.120. The normalized spacial score (nSPS) is 18.3. The molecule has 4 rings (SSSR count). The number of para-hydroxylation sites is 1. The summed E-state index contributed by atoms with van der Waals surface area (Å²) >= 11 is 0. The smallest absolute Gasteiger partial charge is 0.225 e. The Morgan fingerprint density at radius 3 is 2.47 bits per heavy atom. The van der Waals surface area contributed by atoms with E-state index < -0.39 is 0 Å². The monoisotopic (exact) mass is 431 g/mol. The van der Waals surface area contributed by atoms with Crippen molar-refractivity contribution < 1.29 is 4.79 Å². The van der Waals surface area contributed by atoms with Gasteiger partial charge in [0, 0.05) is 32.1 Å². The average Bonchev–Trinajstić information content (AvgIpc) is 2.79. The van der Waals surface area contributed by atoms with Gasteiger partial charge in [-0.3, -0.25) is 4.79 Å². The molecule has 0 bridgehead atoms. The summed E-state index contributed by atoms with van der Waals surface area (Å²) in [5.74, 6) is 2.27. The van der Waals surface area contributed by atoms with Crippen LogP contribution in [0, 0.1) is 12.8 Å². The fourth-order valence-corrected chi connectivity index (χ4v) is 4.46. The predicted molar refractivity (Wildman–Crippen MR) is 131 cm³/mol. The summed E-state index contributed by atoms with van der Waals surface area (Å²) in [6.45, 7) is 2.81. The van der Waals surface area contributed by atoms with E-state index in [-0.39, 0.29) is 5.91 Å². The molecule has 2 N–H and O–H groups in total. The van der Waals surface area contributed by atoms with Crippen molar-refractivity contribution in [3.05, 3.63) is 59.7 Å². The number of amides is 1. The Labute approximate surface area is 190 Å². The maximum atomic E-state index is 12.4. The van der Waals surface area contributed by atoms with Crippen molar-refractivity contribution >= 4 is 28.6 Å². The molecular formula is C26H33N5O. The van der Waals surface area contributed by atoms with Gasteiger partial charge in [0.1, 0.15) is 5.82 Å². The van der Waals surface area contributed by atoms with Crippen molar-refractivity contribution in [1.82, 2.24) is 15.3 Å². The lowest BCUT2D eigenvalue weighted by Crippen LogP contribution is -2.35. The number of hydrogen-bond acceptors (Lipinski definition) is 5. The number of anilines is 2. The maximum absolute atomic E-state index is 12.4. The van der Waals surface area contributed by atoms with Crippen LogP contribution in [-0.2, 0) is 11.2 Å². The van der Waals surface area contributed by atoms with Crippen LogP contribution >= 0.6 is 0 Å². The molecule has 1 amide bonds. The van der Waals surface area contributed by atoms with Crippen molar-refractivity contribution in [2.45, 2.75) is 45.1 Å². The Hall–Kier alpha value is -3.15. The maximum Gasteiger partial charge on any atom is 0.225 e. The third kappa shape index (κ3) is 5.36. The van der Waals surface area contributed by atoms with Gasteiger partial charge in [-0.1, -0.05) is 36.4 Å². The van der Waals surface area contributed by atoms with Crippen LogP contribution in [0.1, 0.15) is 36.8 Å². The standard InChI is InChI=1S/C26H33N5O/c1-18-8-4-5-9-20(18)16-24(32)27-17-19-12-14-21(15-13-19)28-26-29-23-11-7-6-10-22(23)25(30-26)31(2)3/h4-11,19,21H,12-17H2,1-3H3,(H,27,32)(H,28,29,30). The van der Waals surface area contributed by atoms with E-state index in [1.54, 1.807) is 0 Å². The summed E-state index contributed by atoms with van der Waals surface area (Å²) in [6.07, 6.45) is 4.77. The Balaban J connectivity index is 1.28. The summed E-state index contributed by atoms with van der Waals surface area (Å²) in [4.78, 5) is 23.9. The highest BCUT2D eigenvalue weighted by Gasteiger charge is 2.22. The van der Waals surface area contributed by atoms with Crippen LogP contribution in [0.4, 0.5) is 11.8 Å². The second kappa shape index (κ2) is 9.98. The molecule has 0 saturated heterocycles. The quantitative estimate of drug-likeness (QED) is 0.583. The van der Waals surface area contributed by atoms with E-state index >= 15 is 0 Å². The van der Waals surface area contributed by atoms with Crippen LogP contribution in [0.2, 0.25) is 0 Å². The van der Waals surface area contributed by atoms with E-state index in [1.165, 1.54) is 5.56 Å². The number of aromatic nitrogens is 2. The third-order valence-corrected chi connectivity index (χ3v) is 6.39. The van der Waals surface area contributed by atoms with Crippen molar-refractivity contribution in [2.24, 2.45) is 5.92 Å². The van der Waals surface area contributed by atoms with E-state index in [4.69, 9.17) is 9.97 Å². The first kappa shape index (κ1) is 22.1. The minimum absolute atomic E-state index is 0.111. The summed E-state index contributed by atoms with van der Waals surface area (Å²) in [5, 5.41) is 7.76. The van der Waals surface area contributed by atoms with Crippen molar-refractivity contribution in [3.8, 4) is 0 Å². The molecule has 0 atom stereocenters. The lowest BCUT2D eigenvalue weighted by atomic mass is 9.86. The van der Waals surface area contributed by atoms with Crippen LogP contribution in [0.5, 0.6) is 0 Å². The third-order valence-electron chi connectivity index (χ3n) is 6.39. The summed E-state index contributed by atoms with van der Waals surface area (Å²) in [5.41, 5.74) is 3.23. The molecule has 0 radical (unpaired) electrons. The molecule has 0 spiro atoms. The topological polar surface area (TPSA) is 70.2 Å². The van der Waals surface area contributed by atoms with Gasteiger partial charge in [-0.05, 0) is 61.8 Å². The molecule has 1 fully saturated rings. The molecule has 6 nitrogen and oxygen atoms in total. The highest BCUT2D eigenvalue weighted by molar-refractivity contribution is 5.90. The molecule has 1 aliphatic carbocycles. The number of rotatable bonds is 7. The van der Waals surface area contributed by atoms with Gasteiger partial charge in [-0.15, -0.1) is 0 Å². The first-order valence-corrected chi connectivity index (χ1v) is 11.5. The van der Waals surface area contributed by atoms with Crippen molar-refractivity contribution in [1.29, 1.82) is 0 Å². The molecule has 6 heteroatoms. The largest absolute Gasteiger partial charge is 0.362 e. The van der Waals surface area contributed by atoms with E-state index in [0.29, 0.717) is 24.3 Å². The van der Waals surface area contributed by atoms with E-state index in [1.807, 2.05) is 55.4 Å². The first-order chi connectivity index (χ1) is 15.5. The van der Waals surface area contributed by atoms with Gasteiger partial charge < -0.3 is 15.5 Å². The van der Waals surface area contributed by atoms with Gasteiger partial charge >= 0.3 is 0 Å². The highest BCUT2D eigenvalue weighted by atomic mass is 16.1. The molecule has 1 saturated carbocycles. The molecule has 2 aromatic carbocycles. The van der Waals surface area contributed by atoms with Gasteiger partial charge in [-0.2, -0.15) is 4.98 Å². The number of benzene rings is 2. The molecule has 1 aromatic heterocycles. The zero-order valence-electron chi connectivity index (χ0n) is 19.3. The second-order valence-corrected chi connectivity index (χ2v) is 9.05. The Morgan fingerprint density at radius 1 is 1.00 bits per heavy atom. The van der Waals surface area contributed by atoms with Gasteiger partial charge in [-0.25, -0.2) is 4.98 Å². The van der Waals surface area contributed by atoms with Crippen LogP contribution in [0.25, 0.3) is 10.9 Å². The first-order valence-electron chi connectivity index (χ1n) is 11.5. The number of fused-ring (bicyclic) bond motifs is 1. The van der Waals surface area contributed by atoms with Crippen molar-refractivity contribution in [2.75, 3.05) is 30.9 Å². The zero-order valence-corrected chi connectivity index (χ0v) is 19.3. The molecule has 32 heavy (non-hydrogen) atoms. The molecule has 0 unspecified atom stereocenters. The number of nitrogens with zero attached hydrogens (tertiary/aromatic N) is 3. The molecule has 3 aromatic rings. The molecule has 1 heterocycles. The van der Waals surface area contributed by atoms with E-state index in [0.717, 1.165) is 54.5 Å². The Kier molecular flexibility index (Phi) is 6.88. The fourth-order valence-electron chi connectivity index (χ4n) is 4.46. The van der Waals surface area contributed by atoms with E-state index in [9.17, 15) is 4.79 Å². The molecule has 0 aliphatic heterocycles. The number of aryl methyl sites for hydroxylation is 1. The van der Waals surface area contributed by atoms with Crippen LogP contribution < -0.4 is 15.5 Å². The van der Waals surface area contributed by atoms with Crippen molar-refractivity contribution in [3.63, 3.8) is 0 Å². The summed E-state index contributed by atoms with van der Waals surface area (Å²) in [6, 6.07) is 16.6. The molecule has 1 aliphatic rings.